The zero-order valence-electron chi connectivity index (χ0n) is 18.3. The summed E-state index contributed by atoms with van der Waals surface area (Å²) in [6.45, 7) is 6.59. The van der Waals surface area contributed by atoms with Crippen molar-refractivity contribution in [3.63, 3.8) is 0 Å². The van der Waals surface area contributed by atoms with Crippen molar-refractivity contribution in [3.8, 4) is 5.75 Å². The fourth-order valence-corrected chi connectivity index (χ4v) is 3.61. The van der Waals surface area contributed by atoms with Gasteiger partial charge in [0.15, 0.2) is 6.61 Å². The van der Waals surface area contributed by atoms with Gasteiger partial charge in [-0.25, -0.2) is 0 Å². The van der Waals surface area contributed by atoms with E-state index in [0.29, 0.717) is 23.7 Å². The summed E-state index contributed by atoms with van der Waals surface area (Å²) in [5.74, 6) is 0.181. The van der Waals surface area contributed by atoms with Crippen LogP contribution in [0.25, 0.3) is 0 Å². The molecule has 0 saturated heterocycles. The average molecular weight is 510 g/mol. The molecule has 2 amide bonds. The third kappa shape index (κ3) is 7.54. The fourth-order valence-electron chi connectivity index (χ4n) is 3.17. The van der Waals surface area contributed by atoms with Crippen LogP contribution in [0.2, 0.25) is 5.02 Å². The Morgan fingerprint density at radius 3 is 2.58 bits per heavy atom. The minimum absolute atomic E-state index is 0.157. The van der Waals surface area contributed by atoms with E-state index in [1.165, 1.54) is 0 Å². The lowest BCUT2D eigenvalue weighted by Gasteiger charge is -2.31. The highest BCUT2D eigenvalue weighted by Gasteiger charge is 2.29. The number of carbonyl (C=O) groups is 2. The summed E-state index contributed by atoms with van der Waals surface area (Å²) < 4.78 is 6.72. The molecule has 0 aliphatic carbocycles. The molecular weight excluding hydrogens is 480 g/mol. The molecule has 2 rings (SSSR count). The molecule has 0 radical (unpaired) electrons. The number of benzene rings is 2. The van der Waals surface area contributed by atoms with Crippen LogP contribution in [0.3, 0.4) is 0 Å². The van der Waals surface area contributed by atoms with Gasteiger partial charge in [0, 0.05) is 22.6 Å². The Morgan fingerprint density at radius 1 is 1.19 bits per heavy atom. The van der Waals surface area contributed by atoms with Crippen molar-refractivity contribution in [1.82, 2.24) is 10.2 Å². The Kier molecular flexibility index (Phi) is 10.3. The second-order valence-corrected chi connectivity index (χ2v) is 8.64. The maximum atomic E-state index is 13.2. The molecule has 1 atom stereocenters. The molecule has 5 nitrogen and oxygen atoms in total. The zero-order valence-corrected chi connectivity index (χ0v) is 20.6. The number of nitrogens with zero attached hydrogens (tertiary/aromatic N) is 1. The first-order valence-electron chi connectivity index (χ1n) is 10.6. The number of ether oxygens (including phenoxy) is 1. The summed E-state index contributed by atoms with van der Waals surface area (Å²) in [6, 6.07) is 12.3. The van der Waals surface area contributed by atoms with E-state index in [-0.39, 0.29) is 25.0 Å². The average Bonchev–Trinajstić information content (AvgIpc) is 2.75. The maximum absolute atomic E-state index is 13.2. The van der Waals surface area contributed by atoms with Gasteiger partial charge in [-0.1, -0.05) is 66.0 Å². The highest BCUT2D eigenvalue weighted by Crippen LogP contribution is 2.23. The number of halogens is 2. The number of amides is 2. The van der Waals surface area contributed by atoms with Crippen molar-refractivity contribution in [2.75, 3.05) is 13.2 Å². The first-order chi connectivity index (χ1) is 14.9. The Hall–Kier alpha value is -2.05. The maximum Gasteiger partial charge on any atom is 0.261 e. The number of hydrogen-bond acceptors (Lipinski definition) is 3. The van der Waals surface area contributed by atoms with Gasteiger partial charge in [0.1, 0.15) is 11.8 Å². The zero-order chi connectivity index (χ0) is 22.8. The molecule has 0 aromatic heterocycles. The predicted molar refractivity (Wildman–Crippen MR) is 128 cm³/mol. The topological polar surface area (TPSA) is 58.6 Å². The second-order valence-electron chi connectivity index (χ2n) is 7.38. The van der Waals surface area contributed by atoms with Gasteiger partial charge in [0.2, 0.25) is 5.91 Å². The van der Waals surface area contributed by atoms with Crippen LogP contribution in [0.1, 0.15) is 44.2 Å². The van der Waals surface area contributed by atoms with Gasteiger partial charge < -0.3 is 15.0 Å². The summed E-state index contributed by atoms with van der Waals surface area (Å²) >= 11 is 9.79. The Morgan fingerprint density at radius 2 is 1.94 bits per heavy atom. The van der Waals surface area contributed by atoms with Gasteiger partial charge in [-0.05, 0) is 55.2 Å². The molecule has 1 N–H and O–H groups in total. The second kappa shape index (κ2) is 12.7. The summed E-state index contributed by atoms with van der Waals surface area (Å²) in [6.07, 6.45) is 2.37. The largest absolute Gasteiger partial charge is 0.484 e. The smallest absolute Gasteiger partial charge is 0.261 e. The van der Waals surface area contributed by atoms with E-state index in [1.54, 1.807) is 17.0 Å². The molecule has 0 fully saturated rings. The highest BCUT2D eigenvalue weighted by atomic mass is 79.9. The lowest BCUT2D eigenvalue weighted by molar-refractivity contribution is -0.143. The molecule has 2 aromatic carbocycles. The van der Waals surface area contributed by atoms with E-state index in [2.05, 4.69) is 28.2 Å². The highest BCUT2D eigenvalue weighted by molar-refractivity contribution is 9.10. The molecule has 0 bridgehead atoms. The van der Waals surface area contributed by atoms with Crippen LogP contribution in [-0.2, 0) is 16.1 Å². The van der Waals surface area contributed by atoms with Crippen LogP contribution >= 0.6 is 27.5 Å². The van der Waals surface area contributed by atoms with Crippen molar-refractivity contribution in [2.24, 2.45) is 0 Å². The van der Waals surface area contributed by atoms with Crippen LogP contribution in [0.15, 0.2) is 46.9 Å². The van der Waals surface area contributed by atoms with Crippen molar-refractivity contribution in [3.05, 3.63) is 63.1 Å². The minimum atomic E-state index is -0.601. The van der Waals surface area contributed by atoms with Crippen LogP contribution in [0, 0.1) is 6.92 Å². The molecule has 7 heteroatoms. The fraction of sp³-hybridized carbons (Fsp3) is 0.417. The number of carbonyl (C=O) groups excluding carboxylic acids is 2. The summed E-state index contributed by atoms with van der Waals surface area (Å²) in [7, 11) is 0. The van der Waals surface area contributed by atoms with Gasteiger partial charge in [-0.15, -0.1) is 0 Å². The summed E-state index contributed by atoms with van der Waals surface area (Å²) in [4.78, 5) is 27.6. The quantitative estimate of drug-likeness (QED) is 0.406. The minimum Gasteiger partial charge on any atom is -0.484 e. The van der Waals surface area contributed by atoms with Gasteiger partial charge >= 0.3 is 0 Å². The van der Waals surface area contributed by atoms with Crippen molar-refractivity contribution < 1.29 is 14.3 Å². The van der Waals surface area contributed by atoms with Crippen LogP contribution in [0.5, 0.6) is 5.75 Å². The third-order valence-electron chi connectivity index (χ3n) is 5.01. The standard InChI is InChI=1S/C24H30BrClN2O3/c1-4-6-13-27-24(30)22(5-2)28(15-18-9-7-8-10-21(18)26)23(29)16-31-19-11-12-20(25)17(3)14-19/h7-12,14,22H,4-6,13,15-16H2,1-3H3,(H,27,30)/t22-/m1/s1. The van der Waals surface area contributed by atoms with Crippen molar-refractivity contribution >= 4 is 39.3 Å². The van der Waals surface area contributed by atoms with Crippen LogP contribution < -0.4 is 10.1 Å². The first kappa shape index (κ1) is 25.2. The monoisotopic (exact) mass is 508 g/mol. The van der Waals surface area contributed by atoms with E-state index in [4.69, 9.17) is 16.3 Å². The normalized spacial score (nSPS) is 11.6. The summed E-state index contributed by atoms with van der Waals surface area (Å²) in [5, 5.41) is 3.51. The molecule has 0 unspecified atom stereocenters. The molecule has 0 aliphatic heterocycles. The number of nitrogens with one attached hydrogen (secondary N) is 1. The van der Waals surface area contributed by atoms with E-state index < -0.39 is 6.04 Å². The molecule has 2 aromatic rings. The Bertz CT molecular complexity index is 891. The molecule has 0 aliphatic rings. The number of rotatable bonds is 11. The van der Waals surface area contributed by atoms with Crippen molar-refractivity contribution in [1.29, 1.82) is 0 Å². The van der Waals surface area contributed by atoms with E-state index >= 15 is 0 Å². The first-order valence-corrected chi connectivity index (χ1v) is 11.7. The SMILES string of the molecule is CCCCNC(=O)[C@@H](CC)N(Cc1ccccc1Cl)C(=O)COc1ccc(Br)c(C)c1. The summed E-state index contributed by atoms with van der Waals surface area (Å²) in [5.41, 5.74) is 1.80. The van der Waals surface area contributed by atoms with Gasteiger partial charge in [-0.3, -0.25) is 9.59 Å². The number of aryl methyl sites for hydroxylation is 1. The molecule has 31 heavy (non-hydrogen) atoms. The predicted octanol–water partition coefficient (Wildman–Crippen LogP) is 5.51. The van der Waals surface area contributed by atoms with Crippen LogP contribution in [-0.4, -0.2) is 35.9 Å². The van der Waals surface area contributed by atoms with Gasteiger partial charge in [0.25, 0.3) is 5.91 Å². The van der Waals surface area contributed by atoms with E-state index in [9.17, 15) is 9.59 Å². The van der Waals surface area contributed by atoms with Gasteiger partial charge in [-0.2, -0.15) is 0 Å². The third-order valence-corrected chi connectivity index (χ3v) is 6.26. The molecular formula is C24H30BrClN2O3. The molecule has 168 valence electrons. The molecule has 0 spiro atoms. The Balaban J connectivity index is 2.20. The number of hydrogen-bond donors (Lipinski definition) is 1. The Labute approximate surface area is 198 Å². The molecule has 0 saturated carbocycles. The van der Waals surface area contributed by atoms with E-state index in [0.717, 1.165) is 28.4 Å². The lowest BCUT2D eigenvalue weighted by Crippen LogP contribution is -2.50. The van der Waals surface area contributed by atoms with Crippen molar-refractivity contribution in [2.45, 2.75) is 52.6 Å². The molecule has 0 heterocycles. The number of unbranched alkanes of at least 4 members (excludes halogenated alkanes) is 1. The van der Waals surface area contributed by atoms with E-state index in [1.807, 2.05) is 44.2 Å². The van der Waals surface area contributed by atoms with Gasteiger partial charge in [0.05, 0.1) is 0 Å². The lowest BCUT2D eigenvalue weighted by atomic mass is 10.1. The van der Waals surface area contributed by atoms with Crippen LogP contribution in [0.4, 0.5) is 0 Å².